The smallest absolute Gasteiger partial charge is 0.243 e. The zero-order valence-corrected chi connectivity index (χ0v) is 16.8. The van der Waals surface area contributed by atoms with Crippen molar-refractivity contribution in [1.29, 1.82) is 0 Å². The second-order valence-corrected chi connectivity index (χ2v) is 7.61. The Morgan fingerprint density at radius 1 is 1.22 bits per heavy atom. The molecule has 0 fully saturated rings. The Balaban J connectivity index is 1.48. The SMILES string of the molecule is COc1ccc(CCCN(C)C(C)C(=O)Nc2nc3ccccc3s2)cc1. The van der Waals surface area contributed by atoms with E-state index in [4.69, 9.17) is 4.74 Å². The molecule has 1 unspecified atom stereocenters. The molecule has 0 aliphatic heterocycles. The maximum Gasteiger partial charge on any atom is 0.243 e. The second kappa shape index (κ2) is 8.97. The average Bonchev–Trinajstić information content (AvgIpc) is 3.10. The second-order valence-electron chi connectivity index (χ2n) is 6.58. The lowest BCUT2D eigenvalue weighted by molar-refractivity contribution is -0.120. The maximum absolute atomic E-state index is 12.5. The number of nitrogens with one attached hydrogen (secondary N) is 1. The van der Waals surface area contributed by atoms with E-state index in [1.165, 1.54) is 16.9 Å². The minimum absolute atomic E-state index is 0.0268. The number of carbonyl (C=O) groups excluding carboxylic acids is 1. The van der Waals surface area contributed by atoms with E-state index in [1.54, 1.807) is 7.11 Å². The summed E-state index contributed by atoms with van der Waals surface area (Å²) in [7, 11) is 3.65. The van der Waals surface area contributed by atoms with Crippen LogP contribution < -0.4 is 10.1 Å². The van der Waals surface area contributed by atoms with Crippen LogP contribution in [0.5, 0.6) is 5.75 Å². The molecule has 0 aliphatic carbocycles. The number of amides is 1. The fourth-order valence-electron chi connectivity index (χ4n) is 2.85. The number of benzene rings is 2. The maximum atomic E-state index is 12.5. The summed E-state index contributed by atoms with van der Waals surface area (Å²) in [4.78, 5) is 19.1. The van der Waals surface area contributed by atoms with Crippen LogP contribution >= 0.6 is 11.3 Å². The fraction of sp³-hybridized carbons (Fsp3) is 0.333. The summed E-state index contributed by atoms with van der Waals surface area (Å²) in [5, 5.41) is 3.60. The lowest BCUT2D eigenvalue weighted by atomic mass is 10.1. The van der Waals surface area contributed by atoms with Crippen LogP contribution in [0, 0.1) is 0 Å². The van der Waals surface area contributed by atoms with Crippen LogP contribution in [0.1, 0.15) is 18.9 Å². The molecule has 0 bridgehead atoms. The first-order valence-electron chi connectivity index (χ1n) is 9.06. The van der Waals surface area contributed by atoms with Crippen LogP contribution in [-0.2, 0) is 11.2 Å². The fourth-order valence-corrected chi connectivity index (χ4v) is 3.72. The van der Waals surface area contributed by atoms with Crippen LogP contribution in [-0.4, -0.2) is 42.5 Å². The van der Waals surface area contributed by atoms with Gasteiger partial charge in [0.2, 0.25) is 5.91 Å². The molecule has 1 amide bonds. The molecule has 27 heavy (non-hydrogen) atoms. The molecule has 142 valence electrons. The van der Waals surface area contributed by atoms with Crippen molar-refractivity contribution in [3.8, 4) is 5.75 Å². The third kappa shape index (κ3) is 5.05. The monoisotopic (exact) mass is 383 g/mol. The number of anilines is 1. The van der Waals surface area contributed by atoms with E-state index < -0.39 is 0 Å². The van der Waals surface area contributed by atoms with Gasteiger partial charge in [0.05, 0.1) is 23.4 Å². The molecule has 3 aromatic rings. The Bertz CT molecular complexity index is 859. The van der Waals surface area contributed by atoms with Crippen LogP contribution in [0.2, 0.25) is 0 Å². The average molecular weight is 384 g/mol. The molecular formula is C21H25N3O2S. The van der Waals surface area contributed by atoms with E-state index >= 15 is 0 Å². The topological polar surface area (TPSA) is 54.5 Å². The summed E-state index contributed by atoms with van der Waals surface area (Å²) < 4.78 is 6.26. The van der Waals surface area contributed by atoms with E-state index in [0.717, 1.165) is 35.4 Å². The van der Waals surface area contributed by atoms with E-state index in [9.17, 15) is 4.79 Å². The number of aromatic nitrogens is 1. The molecule has 5 nitrogen and oxygen atoms in total. The van der Waals surface area contributed by atoms with Gasteiger partial charge in [-0.05, 0) is 63.2 Å². The molecule has 3 rings (SSSR count). The summed E-state index contributed by atoms with van der Waals surface area (Å²) in [6.45, 7) is 2.77. The van der Waals surface area contributed by atoms with Gasteiger partial charge in [0.25, 0.3) is 0 Å². The quantitative estimate of drug-likeness (QED) is 0.633. The van der Waals surface area contributed by atoms with Gasteiger partial charge in [0.1, 0.15) is 5.75 Å². The first-order valence-corrected chi connectivity index (χ1v) is 9.88. The summed E-state index contributed by atoms with van der Waals surface area (Å²) in [6, 6.07) is 15.8. The molecule has 1 atom stereocenters. The van der Waals surface area contributed by atoms with Crippen LogP contribution in [0.4, 0.5) is 5.13 Å². The Hall–Kier alpha value is -2.44. The predicted octanol–water partition coefficient (Wildman–Crippen LogP) is 4.20. The highest BCUT2D eigenvalue weighted by Gasteiger charge is 2.19. The summed E-state index contributed by atoms with van der Waals surface area (Å²) in [6.07, 6.45) is 1.96. The van der Waals surface area contributed by atoms with Gasteiger partial charge in [0.15, 0.2) is 5.13 Å². The van der Waals surface area contributed by atoms with Gasteiger partial charge in [-0.2, -0.15) is 0 Å². The molecule has 0 radical (unpaired) electrons. The number of methoxy groups -OCH3 is 1. The van der Waals surface area contributed by atoms with E-state index in [0.29, 0.717) is 5.13 Å². The van der Waals surface area contributed by atoms with Gasteiger partial charge in [-0.25, -0.2) is 4.98 Å². The van der Waals surface area contributed by atoms with Gasteiger partial charge in [-0.1, -0.05) is 35.6 Å². The number of carbonyl (C=O) groups is 1. The largest absolute Gasteiger partial charge is 0.497 e. The highest BCUT2D eigenvalue weighted by molar-refractivity contribution is 7.22. The third-order valence-corrected chi connectivity index (χ3v) is 5.65. The van der Waals surface area contributed by atoms with Gasteiger partial charge in [-0.3, -0.25) is 9.69 Å². The number of aryl methyl sites for hydroxylation is 1. The van der Waals surface area contributed by atoms with Crippen molar-refractivity contribution in [2.45, 2.75) is 25.8 Å². The summed E-state index contributed by atoms with van der Waals surface area (Å²) in [5.74, 6) is 0.844. The third-order valence-electron chi connectivity index (χ3n) is 4.70. The normalized spacial score (nSPS) is 12.3. The minimum Gasteiger partial charge on any atom is -0.497 e. The van der Waals surface area contributed by atoms with Crippen molar-refractivity contribution in [2.24, 2.45) is 0 Å². The van der Waals surface area contributed by atoms with Gasteiger partial charge in [-0.15, -0.1) is 0 Å². The molecule has 1 N–H and O–H groups in total. The number of hydrogen-bond donors (Lipinski definition) is 1. The number of likely N-dealkylation sites (N-methyl/N-ethyl adjacent to an activating group) is 1. The Morgan fingerprint density at radius 3 is 2.67 bits per heavy atom. The number of hydrogen-bond acceptors (Lipinski definition) is 5. The van der Waals surface area contributed by atoms with Crippen molar-refractivity contribution in [2.75, 3.05) is 26.0 Å². The predicted molar refractivity (Wildman–Crippen MR) is 112 cm³/mol. The van der Waals surface area contributed by atoms with Crippen molar-refractivity contribution in [3.63, 3.8) is 0 Å². The highest BCUT2D eigenvalue weighted by atomic mass is 32.1. The van der Waals surface area contributed by atoms with Gasteiger partial charge < -0.3 is 10.1 Å². The molecular weight excluding hydrogens is 358 g/mol. The minimum atomic E-state index is -0.215. The van der Waals surface area contributed by atoms with E-state index in [1.807, 2.05) is 50.4 Å². The zero-order chi connectivity index (χ0) is 19.2. The van der Waals surface area contributed by atoms with Crippen molar-refractivity contribution < 1.29 is 9.53 Å². The molecule has 0 aliphatic rings. The first-order chi connectivity index (χ1) is 13.1. The number of fused-ring (bicyclic) bond motifs is 1. The van der Waals surface area contributed by atoms with Gasteiger partial charge >= 0.3 is 0 Å². The molecule has 6 heteroatoms. The molecule has 1 aromatic heterocycles. The standard InChI is InChI=1S/C21H25N3O2S/c1-15(20(25)23-21-22-18-8-4-5-9-19(18)27-21)24(2)14-6-7-16-10-12-17(26-3)13-11-16/h4-5,8-13,15H,6-7,14H2,1-3H3,(H,22,23,25). The van der Waals surface area contributed by atoms with Crippen LogP contribution in [0.3, 0.4) is 0 Å². The molecule has 1 heterocycles. The van der Waals surface area contributed by atoms with Crippen LogP contribution in [0.25, 0.3) is 10.2 Å². The number of rotatable bonds is 8. The highest BCUT2D eigenvalue weighted by Crippen LogP contribution is 2.25. The zero-order valence-electron chi connectivity index (χ0n) is 15.9. The lowest BCUT2D eigenvalue weighted by Gasteiger charge is -2.23. The first kappa shape index (κ1) is 19.3. The van der Waals surface area contributed by atoms with Crippen molar-refractivity contribution in [1.82, 2.24) is 9.88 Å². The van der Waals surface area contributed by atoms with E-state index in [2.05, 4.69) is 27.3 Å². The van der Waals surface area contributed by atoms with Crippen molar-refractivity contribution in [3.05, 3.63) is 54.1 Å². The number of nitrogens with zero attached hydrogens (tertiary/aromatic N) is 2. The molecule has 0 saturated heterocycles. The number of ether oxygens (including phenoxy) is 1. The molecule has 0 saturated carbocycles. The Kier molecular flexibility index (Phi) is 6.42. The van der Waals surface area contributed by atoms with Crippen LogP contribution in [0.15, 0.2) is 48.5 Å². The Labute approximate surface area is 164 Å². The molecule has 0 spiro atoms. The summed E-state index contributed by atoms with van der Waals surface area (Å²) in [5.41, 5.74) is 2.19. The van der Waals surface area contributed by atoms with Gasteiger partial charge in [0, 0.05) is 0 Å². The summed E-state index contributed by atoms with van der Waals surface area (Å²) >= 11 is 1.50. The number of thiazole rings is 1. The lowest BCUT2D eigenvalue weighted by Crippen LogP contribution is -2.40. The van der Waals surface area contributed by atoms with E-state index in [-0.39, 0.29) is 11.9 Å². The van der Waals surface area contributed by atoms with Crippen molar-refractivity contribution >= 4 is 32.6 Å². The Morgan fingerprint density at radius 2 is 1.96 bits per heavy atom. The molecule has 2 aromatic carbocycles. The number of para-hydroxylation sites is 1.